The third-order valence-corrected chi connectivity index (χ3v) is 3.35. The second kappa shape index (κ2) is 9.28. The number of nitrogens with two attached hydrogens (primary N) is 1. The van der Waals surface area contributed by atoms with E-state index >= 15 is 0 Å². The fourth-order valence-electron chi connectivity index (χ4n) is 2.25. The Bertz CT molecular complexity index is 602. The number of benzene rings is 2. The van der Waals surface area contributed by atoms with Crippen molar-refractivity contribution in [3.05, 3.63) is 71.5 Å². The van der Waals surface area contributed by atoms with Crippen molar-refractivity contribution in [2.75, 3.05) is 0 Å². The Morgan fingerprint density at radius 2 is 1.57 bits per heavy atom. The van der Waals surface area contributed by atoms with Crippen molar-refractivity contribution in [2.24, 2.45) is 5.73 Å². The molecule has 2 rings (SSSR count). The summed E-state index contributed by atoms with van der Waals surface area (Å²) in [6.45, 7) is 2.78. The molecule has 5 heteroatoms. The highest BCUT2D eigenvalue weighted by atomic mass is 35.5. The number of nitrogens with zero attached hydrogens (tertiary/aromatic N) is 1. The van der Waals surface area contributed by atoms with Gasteiger partial charge < -0.3 is 10.6 Å². The van der Waals surface area contributed by atoms with Gasteiger partial charge in [-0.05, 0) is 30.2 Å². The molecule has 0 aliphatic heterocycles. The van der Waals surface area contributed by atoms with Gasteiger partial charge in [-0.2, -0.15) is 0 Å². The smallest absolute Gasteiger partial charge is 0.224 e. The molecule has 1 atom stereocenters. The Kier molecular flexibility index (Phi) is 7.72. The van der Waals surface area contributed by atoms with Crippen LogP contribution in [0.5, 0.6) is 0 Å². The molecule has 0 aliphatic carbocycles. The minimum absolute atomic E-state index is 0. The first kappa shape index (κ1) is 19.1. The van der Waals surface area contributed by atoms with Crippen molar-refractivity contribution >= 4 is 18.3 Å². The Balaban J connectivity index is 0.00000264. The Labute approximate surface area is 142 Å². The monoisotopic (exact) mass is 336 g/mol. The molecule has 0 bridgehead atoms. The van der Waals surface area contributed by atoms with Crippen LogP contribution in [0.15, 0.2) is 54.6 Å². The van der Waals surface area contributed by atoms with Crippen LogP contribution in [0.25, 0.3) is 0 Å². The van der Waals surface area contributed by atoms with E-state index in [9.17, 15) is 9.18 Å². The van der Waals surface area contributed by atoms with Crippen LogP contribution < -0.4 is 5.73 Å². The minimum atomic E-state index is -0.278. The molecule has 0 saturated carbocycles. The lowest BCUT2D eigenvalue weighted by atomic mass is 10.1. The van der Waals surface area contributed by atoms with Gasteiger partial charge in [-0.25, -0.2) is 4.39 Å². The Morgan fingerprint density at radius 1 is 1.04 bits per heavy atom. The summed E-state index contributed by atoms with van der Waals surface area (Å²) < 4.78 is 13.0. The molecule has 2 aromatic carbocycles. The van der Waals surface area contributed by atoms with E-state index in [0.29, 0.717) is 19.5 Å². The molecule has 2 N–H and O–H groups in total. The molecule has 3 nitrogen and oxygen atoms in total. The summed E-state index contributed by atoms with van der Waals surface area (Å²) >= 11 is 0. The van der Waals surface area contributed by atoms with Gasteiger partial charge in [-0.3, -0.25) is 4.79 Å². The zero-order valence-corrected chi connectivity index (χ0v) is 13.9. The third-order valence-electron chi connectivity index (χ3n) is 3.35. The Hall–Kier alpha value is -1.91. The zero-order chi connectivity index (χ0) is 15.9. The lowest BCUT2D eigenvalue weighted by Crippen LogP contribution is -2.34. The van der Waals surface area contributed by atoms with Crippen LogP contribution in [-0.4, -0.2) is 16.8 Å². The van der Waals surface area contributed by atoms with Crippen molar-refractivity contribution in [3.63, 3.8) is 0 Å². The molecule has 2 aromatic rings. The molecule has 23 heavy (non-hydrogen) atoms. The lowest BCUT2D eigenvalue weighted by Gasteiger charge is -2.24. The van der Waals surface area contributed by atoms with E-state index in [4.69, 9.17) is 5.73 Å². The van der Waals surface area contributed by atoms with Crippen molar-refractivity contribution in [3.8, 4) is 0 Å². The standard InChI is InChI=1S/C18H21FN2O.ClH/c1-14(20)11-18(22)21(12-15-5-3-2-4-6-15)13-16-7-9-17(19)10-8-16;/h2-10,14H,11-13,20H2,1H3;1H. The predicted octanol–water partition coefficient (Wildman–Crippen LogP) is 3.51. The topological polar surface area (TPSA) is 46.3 Å². The van der Waals surface area contributed by atoms with Gasteiger partial charge in [0, 0.05) is 25.6 Å². The average Bonchev–Trinajstić information content (AvgIpc) is 2.49. The van der Waals surface area contributed by atoms with Gasteiger partial charge in [0.2, 0.25) is 5.91 Å². The van der Waals surface area contributed by atoms with Gasteiger partial charge in [0.15, 0.2) is 0 Å². The van der Waals surface area contributed by atoms with Crippen molar-refractivity contribution in [2.45, 2.75) is 32.5 Å². The summed E-state index contributed by atoms with van der Waals surface area (Å²) in [6, 6.07) is 15.8. The fraction of sp³-hybridized carbons (Fsp3) is 0.278. The quantitative estimate of drug-likeness (QED) is 0.877. The molecule has 0 radical (unpaired) electrons. The van der Waals surface area contributed by atoms with Gasteiger partial charge >= 0.3 is 0 Å². The molecule has 0 aromatic heterocycles. The Morgan fingerprint density at radius 3 is 2.09 bits per heavy atom. The molecule has 1 amide bonds. The fourth-order valence-corrected chi connectivity index (χ4v) is 2.25. The number of halogens is 2. The second-order valence-corrected chi connectivity index (χ2v) is 5.54. The van der Waals surface area contributed by atoms with Crippen molar-refractivity contribution in [1.29, 1.82) is 0 Å². The van der Waals surface area contributed by atoms with E-state index in [0.717, 1.165) is 11.1 Å². The maximum absolute atomic E-state index is 13.0. The lowest BCUT2D eigenvalue weighted by molar-refractivity contribution is -0.132. The minimum Gasteiger partial charge on any atom is -0.334 e. The third kappa shape index (κ3) is 6.38. The number of rotatable bonds is 6. The highest BCUT2D eigenvalue weighted by Crippen LogP contribution is 2.13. The van der Waals surface area contributed by atoms with E-state index in [1.165, 1.54) is 12.1 Å². The van der Waals surface area contributed by atoms with Crippen LogP contribution >= 0.6 is 12.4 Å². The second-order valence-electron chi connectivity index (χ2n) is 5.54. The first-order valence-electron chi connectivity index (χ1n) is 7.36. The van der Waals surface area contributed by atoms with Crippen LogP contribution in [0.4, 0.5) is 4.39 Å². The molecule has 1 unspecified atom stereocenters. The van der Waals surface area contributed by atoms with Crippen LogP contribution in [0.3, 0.4) is 0 Å². The number of carbonyl (C=O) groups is 1. The molecule has 0 aliphatic rings. The highest BCUT2D eigenvalue weighted by molar-refractivity contribution is 5.85. The van der Waals surface area contributed by atoms with Gasteiger partial charge in [0.1, 0.15) is 5.82 Å². The number of carbonyl (C=O) groups excluding carboxylic acids is 1. The highest BCUT2D eigenvalue weighted by Gasteiger charge is 2.16. The van der Waals surface area contributed by atoms with Gasteiger partial charge in [0.05, 0.1) is 0 Å². The maximum Gasteiger partial charge on any atom is 0.224 e. The average molecular weight is 337 g/mol. The summed E-state index contributed by atoms with van der Waals surface area (Å²) in [5.41, 5.74) is 7.70. The number of amides is 1. The summed E-state index contributed by atoms with van der Waals surface area (Å²) in [6.07, 6.45) is 0.300. The van der Waals surface area contributed by atoms with E-state index in [-0.39, 0.29) is 30.2 Å². The van der Waals surface area contributed by atoms with Crippen LogP contribution in [0.2, 0.25) is 0 Å². The molecule has 0 heterocycles. The zero-order valence-electron chi connectivity index (χ0n) is 13.1. The summed E-state index contributed by atoms with van der Waals surface area (Å²) in [5, 5.41) is 0. The van der Waals surface area contributed by atoms with Gasteiger partial charge in [0.25, 0.3) is 0 Å². The van der Waals surface area contributed by atoms with Gasteiger partial charge in [-0.1, -0.05) is 42.5 Å². The molecular weight excluding hydrogens is 315 g/mol. The molecular formula is C18H22ClFN2O. The molecule has 124 valence electrons. The summed E-state index contributed by atoms with van der Waals surface area (Å²) in [5.74, 6) is -0.275. The largest absolute Gasteiger partial charge is 0.334 e. The van der Waals surface area contributed by atoms with Crippen molar-refractivity contribution in [1.82, 2.24) is 4.90 Å². The van der Waals surface area contributed by atoms with Crippen molar-refractivity contribution < 1.29 is 9.18 Å². The molecule has 0 spiro atoms. The van der Waals surface area contributed by atoms with E-state index in [1.54, 1.807) is 17.0 Å². The van der Waals surface area contributed by atoms with Crippen LogP contribution in [0, 0.1) is 5.82 Å². The summed E-state index contributed by atoms with van der Waals surface area (Å²) in [7, 11) is 0. The number of hydrogen-bond acceptors (Lipinski definition) is 2. The first-order chi connectivity index (χ1) is 10.5. The maximum atomic E-state index is 13.0. The van der Waals surface area contributed by atoms with Crippen LogP contribution in [-0.2, 0) is 17.9 Å². The molecule has 0 fully saturated rings. The van der Waals surface area contributed by atoms with E-state index in [1.807, 2.05) is 37.3 Å². The van der Waals surface area contributed by atoms with Crippen LogP contribution in [0.1, 0.15) is 24.5 Å². The van der Waals surface area contributed by atoms with E-state index < -0.39 is 0 Å². The van der Waals surface area contributed by atoms with E-state index in [2.05, 4.69) is 0 Å². The SMILES string of the molecule is CC(N)CC(=O)N(Cc1ccccc1)Cc1ccc(F)cc1.Cl. The van der Waals surface area contributed by atoms with Gasteiger partial charge in [-0.15, -0.1) is 12.4 Å². The number of hydrogen-bond donors (Lipinski definition) is 1. The normalized spacial score (nSPS) is 11.4. The molecule has 0 saturated heterocycles. The first-order valence-corrected chi connectivity index (χ1v) is 7.36. The predicted molar refractivity (Wildman–Crippen MR) is 92.6 cm³/mol. The summed E-state index contributed by atoms with van der Waals surface area (Å²) in [4.78, 5) is 14.2.